The van der Waals surface area contributed by atoms with Crippen LogP contribution >= 0.6 is 22.6 Å². The summed E-state index contributed by atoms with van der Waals surface area (Å²) in [5.74, 6) is 0.164. The molecule has 2 N–H and O–H groups in total. The molecule has 0 aliphatic carbocycles. The summed E-state index contributed by atoms with van der Waals surface area (Å²) in [5.41, 5.74) is 3.43. The maximum absolute atomic E-state index is 12.3. The lowest BCUT2D eigenvalue weighted by atomic mass is 10.2. The second kappa shape index (κ2) is 11.2. The number of hydrogen-bond donors (Lipinski definition) is 2. The van der Waals surface area contributed by atoms with Crippen LogP contribution in [0.5, 0.6) is 23.0 Å². The molecule has 0 heterocycles. The minimum Gasteiger partial charge on any atom is -0.493 e. The van der Waals surface area contributed by atoms with E-state index in [1.807, 2.05) is 22.6 Å². The van der Waals surface area contributed by atoms with Gasteiger partial charge < -0.3 is 24.1 Å². The number of ether oxygens (including phenoxy) is 4. The molecule has 0 radical (unpaired) electrons. The van der Waals surface area contributed by atoms with Crippen LogP contribution in [-0.2, 0) is 4.79 Å². The van der Waals surface area contributed by atoms with E-state index < -0.39 is 18.5 Å². The minimum absolute atomic E-state index is 0.339. The molecule has 2 rings (SSSR count). The van der Waals surface area contributed by atoms with Gasteiger partial charge in [0.15, 0.2) is 29.6 Å². The van der Waals surface area contributed by atoms with E-state index >= 15 is 0 Å². The molecular formula is C20H21IN2O7. The quantitative estimate of drug-likeness (QED) is 0.277. The highest BCUT2D eigenvalue weighted by Crippen LogP contribution is 2.34. The fraction of sp³-hybridized carbons (Fsp3) is 0.250. The van der Waals surface area contributed by atoms with E-state index in [1.165, 1.54) is 20.4 Å². The highest BCUT2D eigenvalue weighted by molar-refractivity contribution is 14.1. The number of methoxy groups -OCH3 is 2. The number of rotatable bonds is 10. The summed E-state index contributed by atoms with van der Waals surface area (Å²) in [6, 6.07) is 8.15. The Labute approximate surface area is 187 Å². The predicted molar refractivity (Wildman–Crippen MR) is 118 cm³/mol. The number of carbonyl (C=O) groups is 2. The van der Waals surface area contributed by atoms with E-state index in [4.69, 9.17) is 24.1 Å². The lowest BCUT2D eigenvalue weighted by Gasteiger charge is -2.13. The number of hydrogen-bond acceptors (Lipinski definition) is 7. The number of nitrogens with one attached hydrogen (secondary N) is 1. The predicted octanol–water partition coefficient (Wildman–Crippen LogP) is 2.93. The fourth-order valence-electron chi connectivity index (χ4n) is 2.41. The fourth-order valence-corrected chi connectivity index (χ4v) is 3.19. The topological polar surface area (TPSA) is 116 Å². The molecule has 1 amide bonds. The van der Waals surface area contributed by atoms with Crippen LogP contribution in [-0.4, -0.2) is 50.6 Å². The van der Waals surface area contributed by atoms with E-state index in [-0.39, 0.29) is 0 Å². The molecule has 9 nitrogen and oxygen atoms in total. The van der Waals surface area contributed by atoms with Crippen molar-refractivity contribution in [2.24, 2.45) is 5.10 Å². The Balaban J connectivity index is 2.15. The number of amides is 1. The van der Waals surface area contributed by atoms with Gasteiger partial charge in [0.1, 0.15) is 0 Å². The molecule has 0 unspecified atom stereocenters. The van der Waals surface area contributed by atoms with Crippen molar-refractivity contribution in [1.29, 1.82) is 0 Å². The van der Waals surface area contributed by atoms with Crippen LogP contribution in [0.2, 0.25) is 0 Å². The summed E-state index contributed by atoms with van der Waals surface area (Å²) >= 11 is 2.01. The molecule has 160 valence electrons. The first-order chi connectivity index (χ1) is 14.4. The Hall–Kier alpha value is -3.02. The van der Waals surface area contributed by atoms with Crippen molar-refractivity contribution in [3.05, 3.63) is 45.0 Å². The van der Waals surface area contributed by atoms with E-state index in [0.29, 0.717) is 44.3 Å². The summed E-state index contributed by atoms with van der Waals surface area (Å²) in [6.07, 6.45) is 1.45. The highest BCUT2D eigenvalue weighted by Gasteiger charge is 2.14. The summed E-state index contributed by atoms with van der Waals surface area (Å²) in [5, 5.41) is 12.8. The molecule has 0 aromatic heterocycles. The number of carboxylic acid groups (broad SMARTS) is 1. The van der Waals surface area contributed by atoms with Crippen molar-refractivity contribution in [3.8, 4) is 23.0 Å². The number of carboxylic acids is 1. The van der Waals surface area contributed by atoms with Crippen LogP contribution in [0.1, 0.15) is 22.8 Å². The third-order valence-electron chi connectivity index (χ3n) is 3.70. The largest absolute Gasteiger partial charge is 0.493 e. The Bertz CT molecular complexity index is 947. The standard InChI is InChI=1S/C20H21IN2O7/c1-4-29-17-8-12(7-14(21)19(17)30-11-18(24)25)10-22-23-20(26)13-5-6-15(27-2)16(9-13)28-3/h5-10H,4,11H2,1-3H3,(H,23,26)(H,24,25)/b22-10+. The molecule has 0 atom stereocenters. The minimum atomic E-state index is -1.09. The lowest BCUT2D eigenvalue weighted by Crippen LogP contribution is -2.17. The van der Waals surface area contributed by atoms with Crippen molar-refractivity contribution in [2.45, 2.75) is 6.92 Å². The first kappa shape index (κ1) is 23.3. The zero-order chi connectivity index (χ0) is 22.1. The number of benzene rings is 2. The monoisotopic (exact) mass is 528 g/mol. The van der Waals surface area contributed by atoms with Crippen LogP contribution in [0.25, 0.3) is 0 Å². The molecule has 0 aliphatic heterocycles. The SMILES string of the molecule is CCOc1cc(/C=N/NC(=O)c2ccc(OC)c(OC)c2)cc(I)c1OCC(=O)O. The summed E-state index contributed by atoms with van der Waals surface area (Å²) in [4.78, 5) is 23.1. The van der Waals surface area contributed by atoms with Gasteiger partial charge in [-0.3, -0.25) is 4.79 Å². The Kier molecular flexibility index (Phi) is 8.71. The maximum Gasteiger partial charge on any atom is 0.341 e. The van der Waals surface area contributed by atoms with Gasteiger partial charge in [0.05, 0.1) is 30.6 Å². The smallest absolute Gasteiger partial charge is 0.341 e. The number of hydrazone groups is 1. The molecule has 0 saturated carbocycles. The summed E-state index contributed by atoms with van der Waals surface area (Å²) in [7, 11) is 3.00. The molecule has 0 saturated heterocycles. The average molecular weight is 528 g/mol. The third kappa shape index (κ3) is 6.24. The lowest BCUT2D eigenvalue weighted by molar-refractivity contribution is -0.139. The Morgan fingerprint density at radius 3 is 2.47 bits per heavy atom. The zero-order valence-electron chi connectivity index (χ0n) is 16.6. The summed E-state index contributed by atoms with van der Waals surface area (Å²) < 4.78 is 21.8. The van der Waals surface area contributed by atoms with E-state index in [1.54, 1.807) is 37.3 Å². The van der Waals surface area contributed by atoms with Crippen molar-refractivity contribution in [2.75, 3.05) is 27.4 Å². The van der Waals surface area contributed by atoms with Gasteiger partial charge in [-0.05, 0) is 65.4 Å². The second-order valence-electron chi connectivity index (χ2n) is 5.71. The molecule has 0 fully saturated rings. The molecule has 10 heteroatoms. The van der Waals surface area contributed by atoms with Crippen LogP contribution in [0.3, 0.4) is 0 Å². The highest BCUT2D eigenvalue weighted by atomic mass is 127. The summed E-state index contributed by atoms with van der Waals surface area (Å²) in [6.45, 7) is 1.69. The normalized spacial score (nSPS) is 10.5. The first-order valence-corrected chi connectivity index (χ1v) is 9.83. The van der Waals surface area contributed by atoms with Gasteiger partial charge in [-0.1, -0.05) is 0 Å². The van der Waals surface area contributed by atoms with Crippen LogP contribution in [0, 0.1) is 3.57 Å². The van der Waals surface area contributed by atoms with Crippen molar-refractivity contribution in [3.63, 3.8) is 0 Å². The van der Waals surface area contributed by atoms with E-state index in [9.17, 15) is 9.59 Å². The van der Waals surface area contributed by atoms with Gasteiger partial charge in [0.2, 0.25) is 0 Å². The Morgan fingerprint density at radius 1 is 1.10 bits per heavy atom. The van der Waals surface area contributed by atoms with E-state index in [0.717, 1.165) is 0 Å². The first-order valence-electron chi connectivity index (χ1n) is 8.76. The maximum atomic E-state index is 12.3. The van der Waals surface area contributed by atoms with Gasteiger partial charge in [-0.15, -0.1) is 0 Å². The van der Waals surface area contributed by atoms with Gasteiger partial charge in [-0.2, -0.15) is 5.10 Å². The van der Waals surface area contributed by atoms with E-state index in [2.05, 4.69) is 10.5 Å². The van der Waals surface area contributed by atoms with Crippen molar-refractivity contribution < 1.29 is 33.6 Å². The molecular weight excluding hydrogens is 507 g/mol. The van der Waals surface area contributed by atoms with Crippen LogP contribution in [0.15, 0.2) is 35.4 Å². The number of aliphatic carboxylic acids is 1. The average Bonchev–Trinajstić information content (AvgIpc) is 2.72. The molecule has 30 heavy (non-hydrogen) atoms. The number of carbonyl (C=O) groups excluding carboxylic acids is 1. The molecule has 2 aromatic carbocycles. The second-order valence-corrected chi connectivity index (χ2v) is 6.88. The van der Waals surface area contributed by atoms with Crippen LogP contribution < -0.4 is 24.4 Å². The van der Waals surface area contributed by atoms with Gasteiger partial charge in [0, 0.05) is 5.56 Å². The molecule has 0 spiro atoms. The van der Waals surface area contributed by atoms with Crippen molar-refractivity contribution >= 4 is 40.7 Å². The van der Waals surface area contributed by atoms with Crippen molar-refractivity contribution in [1.82, 2.24) is 5.43 Å². The zero-order valence-corrected chi connectivity index (χ0v) is 18.8. The molecule has 0 aliphatic rings. The molecule has 0 bridgehead atoms. The number of nitrogens with zero attached hydrogens (tertiary/aromatic N) is 1. The van der Waals surface area contributed by atoms with Gasteiger partial charge >= 0.3 is 5.97 Å². The number of halogens is 1. The van der Waals surface area contributed by atoms with Gasteiger partial charge in [-0.25, -0.2) is 10.2 Å². The van der Waals surface area contributed by atoms with Gasteiger partial charge in [0.25, 0.3) is 5.91 Å². The Morgan fingerprint density at radius 2 is 1.83 bits per heavy atom. The van der Waals surface area contributed by atoms with Crippen LogP contribution in [0.4, 0.5) is 0 Å². The molecule has 2 aromatic rings. The third-order valence-corrected chi connectivity index (χ3v) is 4.50.